The maximum atomic E-state index is 9.89. The molecule has 4 aromatic rings. The van der Waals surface area contributed by atoms with E-state index in [0.29, 0.717) is 22.6 Å². The fourth-order valence-corrected chi connectivity index (χ4v) is 2.41. The first-order chi connectivity index (χ1) is 10.2. The molecule has 0 saturated carbocycles. The number of phenolic OH excluding ortho intramolecular Hbond substituents is 2. The smallest absolute Gasteiger partial charge is 0.153 e. The minimum absolute atomic E-state index is 0.142. The first-order valence-electron chi connectivity index (χ1n) is 6.52. The number of pyridine rings is 1. The lowest BCUT2D eigenvalue weighted by molar-refractivity contribution is 0.474. The molecule has 102 valence electrons. The number of hydrogen-bond donors (Lipinski definition) is 2. The molecule has 0 aliphatic rings. The van der Waals surface area contributed by atoms with Crippen LogP contribution in [0.1, 0.15) is 0 Å². The SMILES string of the molecule is Oc1ccc2cc(-c3ccc4cccc(O)c4n3)oc2c1. The molecule has 2 N–H and O–H groups in total. The molecule has 2 aromatic carbocycles. The van der Waals surface area contributed by atoms with Gasteiger partial charge < -0.3 is 14.6 Å². The standard InChI is InChI=1S/C17H11NO3/c19-12-6-4-11-8-16(21-15(11)9-12)13-7-5-10-2-1-3-14(20)17(10)18-13/h1-9,19-20H. The predicted molar refractivity (Wildman–Crippen MR) is 80.3 cm³/mol. The van der Waals surface area contributed by atoms with E-state index < -0.39 is 0 Å². The second kappa shape index (κ2) is 4.24. The van der Waals surface area contributed by atoms with Crippen LogP contribution in [0.3, 0.4) is 0 Å². The molecule has 0 radical (unpaired) electrons. The van der Waals surface area contributed by atoms with E-state index >= 15 is 0 Å². The Morgan fingerprint density at radius 1 is 0.857 bits per heavy atom. The van der Waals surface area contributed by atoms with Crippen LogP contribution in [0.4, 0.5) is 0 Å². The van der Waals surface area contributed by atoms with Crippen molar-refractivity contribution in [3.05, 3.63) is 54.6 Å². The summed E-state index contributed by atoms with van der Waals surface area (Å²) in [6.07, 6.45) is 0. The van der Waals surface area contributed by atoms with E-state index in [1.807, 2.05) is 24.3 Å². The number of para-hydroxylation sites is 1. The zero-order valence-electron chi connectivity index (χ0n) is 10.9. The normalized spacial score (nSPS) is 11.2. The number of benzene rings is 2. The summed E-state index contributed by atoms with van der Waals surface area (Å²) in [6, 6.07) is 15.8. The number of hydrogen-bond acceptors (Lipinski definition) is 4. The van der Waals surface area contributed by atoms with Gasteiger partial charge in [-0.3, -0.25) is 0 Å². The van der Waals surface area contributed by atoms with Crippen molar-refractivity contribution in [2.45, 2.75) is 0 Å². The van der Waals surface area contributed by atoms with Crippen LogP contribution in [0, 0.1) is 0 Å². The summed E-state index contributed by atoms with van der Waals surface area (Å²) in [6.45, 7) is 0. The second-order valence-electron chi connectivity index (χ2n) is 4.88. The highest BCUT2D eigenvalue weighted by molar-refractivity contribution is 5.88. The molecule has 4 heteroatoms. The summed E-state index contributed by atoms with van der Waals surface area (Å²) in [5.74, 6) is 0.899. The molecule has 0 saturated heterocycles. The van der Waals surface area contributed by atoms with E-state index in [4.69, 9.17) is 4.42 Å². The number of aromatic nitrogens is 1. The second-order valence-corrected chi connectivity index (χ2v) is 4.88. The Hall–Kier alpha value is -3.01. The molecule has 0 unspecified atom stereocenters. The predicted octanol–water partition coefficient (Wildman–Crippen LogP) is 4.06. The fraction of sp³-hybridized carbons (Fsp3) is 0. The maximum absolute atomic E-state index is 9.89. The molecule has 2 aromatic heterocycles. The van der Waals surface area contributed by atoms with Gasteiger partial charge in [0.25, 0.3) is 0 Å². The van der Waals surface area contributed by atoms with Gasteiger partial charge in [-0.05, 0) is 30.3 Å². The Bertz CT molecular complexity index is 972. The molecule has 2 heterocycles. The highest BCUT2D eigenvalue weighted by Crippen LogP contribution is 2.31. The van der Waals surface area contributed by atoms with Crippen LogP contribution >= 0.6 is 0 Å². The van der Waals surface area contributed by atoms with Gasteiger partial charge in [0.05, 0.1) is 0 Å². The van der Waals surface area contributed by atoms with Crippen LogP contribution < -0.4 is 0 Å². The van der Waals surface area contributed by atoms with Gasteiger partial charge in [-0.1, -0.05) is 18.2 Å². The Balaban J connectivity index is 1.93. The number of phenols is 2. The van der Waals surface area contributed by atoms with Crippen molar-refractivity contribution in [2.75, 3.05) is 0 Å². The van der Waals surface area contributed by atoms with Crippen molar-refractivity contribution in [3.8, 4) is 23.0 Å². The van der Waals surface area contributed by atoms with Gasteiger partial charge in [-0.25, -0.2) is 4.98 Å². The third-order valence-corrected chi connectivity index (χ3v) is 3.46. The molecular formula is C17H11NO3. The molecule has 0 atom stereocenters. The molecule has 0 spiro atoms. The van der Waals surface area contributed by atoms with Crippen LogP contribution in [-0.4, -0.2) is 15.2 Å². The molecule has 0 fully saturated rings. The number of rotatable bonds is 1. The summed E-state index contributed by atoms with van der Waals surface area (Å²) >= 11 is 0. The van der Waals surface area contributed by atoms with Crippen LogP contribution in [0.2, 0.25) is 0 Å². The summed E-state index contributed by atoms with van der Waals surface area (Å²) in [5.41, 5.74) is 1.78. The lowest BCUT2D eigenvalue weighted by Crippen LogP contribution is -1.84. The van der Waals surface area contributed by atoms with E-state index in [2.05, 4.69) is 4.98 Å². The van der Waals surface area contributed by atoms with E-state index in [1.165, 1.54) is 0 Å². The zero-order chi connectivity index (χ0) is 14.4. The number of aromatic hydroxyl groups is 2. The first kappa shape index (κ1) is 11.8. The molecule has 21 heavy (non-hydrogen) atoms. The molecule has 0 amide bonds. The number of fused-ring (bicyclic) bond motifs is 2. The Morgan fingerprint density at radius 3 is 2.62 bits per heavy atom. The van der Waals surface area contributed by atoms with Gasteiger partial charge >= 0.3 is 0 Å². The Labute approximate surface area is 119 Å². The third-order valence-electron chi connectivity index (χ3n) is 3.46. The molecule has 0 aliphatic carbocycles. The summed E-state index contributed by atoms with van der Waals surface area (Å²) in [7, 11) is 0. The van der Waals surface area contributed by atoms with Gasteiger partial charge in [0.15, 0.2) is 5.76 Å². The average molecular weight is 277 g/mol. The monoisotopic (exact) mass is 277 g/mol. The summed E-state index contributed by atoms with van der Waals surface area (Å²) < 4.78 is 5.72. The molecule has 4 nitrogen and oxygen atoms in total. The summed E-state index contributed by atoms with van der Waals surface area (Å²) in [4.78, 5) is 4.46. The van der Waals surface area contributed by atoms with Crippen LogP contribution in [0.15, 0.2) is 59.0 Å². The van der Waals surface area contributed by atoms with Crippen molar-refractivity contribution < 1.29 is 14.6 Å². The van der Waals surface area contributed by atoms with E-state index in [-0.39, 0.29) is 11.5 Å². The Kier molecular flexibility index (Phi) is 2.38. The van der Waals surface area contributed by atoms with E-state index in [1.54, 1.807) is 30.3 Å². The highest BCUT2D eigenvalue weighted by atomic mass is 16.3. The van der Waals surface area contributed by atoms with Crippen molar-refractivity contribution in [1.82, 2.24) is 4.98 Å². The van der Waals surface area contributed by atoms with Gasteiger partial charge in [-0.2, -0.15) is 0 Å². The average Bonchev–Trinajstić information content (AvgIpc) is 2.90. The third kappa shape index (κ3) is 1.89. The number of furan rings is 1. The van der Waals surface area contributed by atoms with Crippen LogP contribution in [0.5, 0.6) is 11.5 Å². The largest absolute Gasteiger partial charge is 0.508 e. The Morgan fingerprint density at radius 2 is 1.71 bits per heavy atom. The lowest BCUT2D eigenvalue weighted by atomic mass is 10.1. The van der Waals surface area contributed by atoms with Crippen molar-refractivity contribution in [3.63, 3.8) is 0 Å². The zero-order valence-corrected chi connectivity index (χ0v) is 10.9. The minimum Gasteiger partial charge on any atom is -0.508 e. The van der Waals surface area contributed by atoms with E-state index in [9.17, 15) is 10.2 Å². The van der Waals surface area contributed by atoms with Crippen molar-refractivity contribution >= 4 is 21.9 Å². The topological polar surface area (TPSA) is 66.5 Å². The maximum Gasteiger partial charge on any atom is 0.153 e. The minimum atomic E-state index is 0.142. The first-order valence-corrected chi connectivity index (χ1v) is 6.52. The van der Waals surface area contributed by atoms with Gasteiger partial charge in [0.1, 0.15) is 28.3 Å². The van der Waals surface area contributed by atoms with Gasteiger partial charge in [0.2, 0.25) is 0 Å². The highest BCUT2D eigenvalue weighted by Gasteiger charge is 2.10. The molecule has 4 rings (SSSR count). The fourth-order valence-electron chi connectivity index (χ4n) is 2.41. The quantitative estimate of drug-likeness (QED) is 0.550. The number of nitrogens with zero attached hydrogens (tertiary/aromatic N) is 1. The van der Waals surface area contributed by atoms with E-state index in [0.717, 1.165) is 10.8 Å². The van der Waals surface area contributed by atoms with Crippen molar-refractivity contribution in [2.24, 2.45) is 0 Å². The molecular weight excluding hydrogens is 266 g/mol. The van der Waals surface area contributed by atoms with Gasteiger partial charge in [-0.15, -0.1) is 0 Å². The van der Waals surface area contributed by atoms with Crippen LogP contribution in [-0.2, 0) is 0 Å². The lowest BCUT2D eigenvalue weighted by Gasteiger charge is -2.02. The molecule has 0 bridgehead atoms. The van der Waals surface area contributed by atoms with Crippen LogP contribution in [0.25, 0.3) is 33.3 Å². The van der Waals surface area contributed by atoms with Crippen molar-refractivity contribution in [1.29, 1.82) is 0 Å². The summed E-state index contributed by atoms with van der Waals surface area (Å²) in [5, 5.41) is 21.1. The molecule has 0 aliphatic heterocycles. The van der Waals surface area contributed by atoms with Gasteiger partial charge in [0, 0.05) is 16.8 Å².